The van der Waals surface area contributed by atoms with E-state index in [4.69, 9.17) is 0 Å². The van der Waals surface area contributed by atoms with Crippen molar-refractivity contribution in [2.24, 2.45) is 5.92 Å². The predicted octanol–water partition coefficient (Wildman–Crippen LogP) is 2.19. The van der Waals surface area contributed by atoms with Gasteiger partial charge in [0.05, 0.1) is 0 Å². The summed E-state index contributed by atoms with van der Waals surface area (Å²) in [6, 6.07) is 0.212. The van der Waals surface area contributed by atoms with Crippen LogP contribution in [-0.4, -0.2) is 26.7 Å². The minimum absolute atomic E-state index is 0.155. The highest BCUT2D eigenvalue weighted by atomic mass is 16.1. The molecule has 0 radical (unpaired) electrons. The van der Waals surface area contributed by atoms with Crippen LogP contribution in [0.2, 0.25) is 0 Å². The SMILES string of the molecule is CC(C)c1nnc2n1C[C@H](NC(=O)[C@@H]1CC=CCC1)CC2. The van der Waals surface area contributed by atoms with Gasteiger partial charge in [-0.15, -0.1) is 10.2 Å². The van der Waals surface area contributed by atoms with Gasteiger partial charge >= 0.3 is 0 Å². The number of carbonyl (C=O) groups is 1. The van der Waals surface area contributed by atoms with Crippen LogP contribution in [0.15, 0.2) is 12.2 Å². The van der Waals surface area contributed by atoms with Gasteiger partial charge in [-0.25, -0.2) is 0 Å². The summed E-state index contributed by atoms with van der Waals surface area (Å²) < 4.78 is 2.19. The second kappa shape index (κ2) is 6.00. The Kier molecular flexibility index (Phi) is 4.08. The lowest BCUT2D eigenvalue weighted by Crippen LogP contribution is -2.44. The van der Waals surface area contributed by atoms with Gasteiger partial charge in [-0.2, -0.15) is 0 Å². The third kappa shape index (κ3) is 3.01. The molecule has 2 atom stereocenters. The molecule has 2 heterocycles. The maximum atomic E-state index is 12.3. The van der Waals surface area contributed by atoms with E-state index in [0.717, 1.165) is 50.3 Å². The summed E-state index contributed by atoms with van der Waals surface area (Å²) in [5.41, 5.74) is 0. The van der Waals surface area contributed by atoms with Gasteiger partial charge in [-0.1, -0.05) is 26.0 Å². The van der Waals surface area contributed by atoms with Gasteiger partial charge in [0.15, 0.2) is 0 Å². The molecule has 0 unspecified atom stereocenters. The Morgan fingerprint density at radius 3 is 2.90 bits per heavy atom. The van der Waals surface area contributed by atoms with E-state index in [1.165, 1.54) is 0 Å². The molecular formula is C16H24N4O. The zero-order chi connectivity index (χ0) is 14.8. The highest BCUT2D eigenvalue weighted by Crippen LogP contribution is 2.22. The average molecular weight is 288 g/mol. The standard InChI is InChI=1S/C16H24N4O/c1-11(2)15-19-18-14-9-8-13(10-20(14)15)17-16(21)12-6-4-3-5-7-12/h3-4,11-13H,5-10H2,1-2H3,(H,17,21)/t12-,13-/m1/s1. The number of amides is 1. The van der Waals surface area contributed by atoms with E-state index in [1.807, 2.05) is 0 Å². The largest absolute Gasteiger partial charge is 0.351 e. The molecule has 0 saturated carbocycles. The Hall–Kier alpha value is -1.65. The fraction of sp³-hybridized carbons (Fsp3) is 0.688. The molecular weight excluding hydrogens is 264 g/mol. The zero-order valence-electron chi connectivity index (χ0n) is 12.9. The van der Waals surface area contributed by atoms with Gasteiger partial charge < -0.3 is 9.88 Å². The number of nitrogens with one attached hydrogen (secondary N) is 1. The molecule has 5 nitrogen and oxygen atoms in total. The van der Waals surface area contributed by atoms with Crippen molar-refractivity contribution in [1.29, 1.82) is 0 Å². The van der Waals surface area contributed by atoms with Crippen LogP contribution >= 0.6 is 0 Å². The van der Waals surface area contributed by atoms with Crippen LogP contribution in [0.25, 0.3) is 0 Å². The Balaban J connectivity index is 1.64. The molecule has 1 aromatic rings. The van der Waals surface area contributed by atoms with Crippen molar-refractivity contribution in [2.45, 2.75) is 64.5 Å². The number of aromatic nitrogens is 3. The molecule has 1 N–H and O–H groups in total. The Labute approximate surface area is 125 Å². The minimum atomic E-state index is 0.155. The molecule has 0 bridgehead atoms. The molecule has 2 aliphatic rings. The van der Waals surface area contributed by atoms with Crippen molar-refractivity contribution in [3.63, 3.8) is 0 Å². The second-order valence-corrected chi connectivity index (χ2v) is 6.47. The summed E-state index contributed by atoms with van der Waals surface area (Å²) in [6.07, 6.45) is 9.04. The summed E-state index contributed by atoms with van der Waals surface area (Å²) in [7, 11) is 0. The van der Waals surface area contributed by atoms with Gasteiger partial charge in [0.2, 0.25) is 5.91 Å². The molecule has 114 valence electrons. The van der Waals surface area contributed by atoms with Crippen molar-refractivity contribution in [2.75, 3.05) is 0 Å². The second-order valence-electron chi connectivity index (χ2n) is 6.47. The lowest BCUT2D eigenvalue weighted by molar-refractivity contribution is -0.126. The molecule has 21 heavy (non-hydrogen) atoms. The molecule has 0 aromatic carbocycles. The average Bonchev–Trinajstić information content (AvgIpc) is 2.91. The van der Waals surface area contributed by atoms with Gasteiger partial charge in [0, 0.05) is 30.8 Å². The number of aryl methyl sites for hydroxylation is 1. The molecule has 0 fully saturated rings. The normalized spacial score (nSPS) is 24.9. The number of allylic oxidation sites excluding steroid dienone is 2. The van der Waals surface area contributed by atoms with Crippen molar-refractivity contribution >= 4 is 5.91 Å². The van der Waals surface area contributed by atoms with Gasteiger partial charge in [0.1, 0.15) is 11.6 Å². The Morgan fingerprint density at radius 1 is 1.33 bits per heavy atom. The quantitative estimate of drug-likeness (QED) is 0.867. The summed E-state index contributed by atoms with van der Waals surface area (Å²) in [5.74, 6) is 2.83. The molecule has 0 spiro atoms. The number of hydrogen-bond donors (Lipinski definition) is 1. The smallest absolute Gasteiger partial charge is 0.223 e. The van der Waals surface area contributed by atoms with E-state index in [-0.39, 0.29) is 17.9 Å². The number of carbonyl (C=O) groups excluding carboxylic acids is 1. The Morgan fingerprint density at radius 2 is 2.19 bits per heavy atom. The lowest BCUT2D eigenvalue weighted by Gasteiger charge is -2.28. The number of fused-ring (bicyclic) bond motifs is 1. The first-order valence-corrected chi connectivity index (χ1v) is 8.02. The van der Waals surface area contributed by atoms with Gasteiger partial charge in [-0.05, 0) is 25.7 Å². The first-order chi connectivity index (χ1) is 10.1. The highest BCUT2D eigenvalue weighted by Gasteiger charge is 2.27. The van der Waals surface area contributed by atoms with E-state index in [2.05, 4.69) is 46.1 Å². The van der Waals surface area contributed by atoms with Gasteiger partial charge in [0.25, 0.3) is 0 Å². The lowest BCUT2D eigenvalue weighted by atomic mass is 9.93. The zero-order valence-corrected chi connectivity index (χ0v) is 12.9. The maximum Gasteiger partial charge on any atom is 0.223 e. The first kappa shape index (κ1) is 14.3. The third-order valence-corrected chi connectivity index (χ3v) is 4.48. The molecule has 5 heteroatoms. The highest BCUT2D eigenvalue weighted by molar-refractivity contribution is 5.79. The topological polar surface area (TPSA) is 59.8 Å². The fourth-order valence-corrected chi connectivity index (χ4v) is 3.24. The van der Waals surface area contributed by atoms with Crippen LogP contribution in [0.5, 0.6) is 0 Å². The molecule has 1 aliphatic heterocycles. The summed E-state index contributed by atoms with van der Waals surface area (Å²) in [5, 5.41) is 11.8. The van der Waals surface area contributed by atoms with Crippen LogP contribution < -0.4 is 5.32 Å². The first-order valence-electron chi connectivity index (χ1n) is 8.02. The van der Waals surface area contributed by atoms with E-state index in [0.29, 0.717) is 5.92 Å². The minimum Gasteiger partial charge on any atom is -0.351 e. The van der Waals surface area contributed by atoms with E-state index in [1.54, 1.807) is 0 Å². The van der Waals surface area contributed by atoms with Crippen LogP contribution in [0, 0.1) is 5.92 Å². The number of hydrogen-bond acceptors (Lipinski definition) is 3. The van der Waals surface area contributed by atoms with Crippen LogP contribution in [0.4, 0.5) is 0 Å². The molecule has 1 aliphatic carbocycles. The predicted molar refractivity (Wildman–Crippen MR) is 80.8 cm³/mol. The van der Waals surface area contributed by atoms with Gasteiger partial charge in [-0.3, -0.25) is 4.79 Å². The molecule has 0 saturated heterocycles. The molecule has 1 amide bonds. The van der Waals surface area contributed by atoms with Crippen molar-refractivity contribution < 1.29 is 4.79 Å². The van der Waals surface area contributed by atoms with E-state index >= 15 is 0 Å². The van der Waals surface area contributed by atoms with Crippen LogP contribution in [-0.2, 0) is 17.8 Å². The maximum absolute atomic E-state index is 12.3. The third-order valence-electron chi connectivity index (χ3n) is 4.48. The van der Waals surface area contributed by atoms with Crippen LogP contribution in [0.3, 0.4) is 0 Å². The summed E-state index contributed by atoms with van der Waals surface area (Å²) in [6.45, 7) is 5.08. The monoisotopic (exact) mass is 288 g/mol. The molecule has 3 rings (SSSR count). The van der Waals surface area contributed by atoms with Crippen LogP contribution in [0.1, 0.15) is 57.1 Å². The summed E-state index contributed by atoms with van der Waals surface area (Å²) in [4.78, 5) is 12.3. The fourth-order valence-electron chi connectivity index (χ4n) is 3.24. The Bertz CT molecular complexity index is 546. The van der Waals surface area contributed by atoms with Crippen molar-refractivity contribution in [1.82, 2.24) is 20.1 Å². The molecule has 1 aromatic heterocycles. The number of nitrogens with zero attached hydrogens (tertiary/aromatic N) is 3. The number of rotatable bonds is 3. The summed E-state index contributed by atoms with van der Waals surface area (Å²) >= 11 is 0. The van der Waals surface area contributed by atoms with E-state index < -0.39 is 0 Å². The van der Waals surface area contributed by atoms with Crippen molar-refractivity contribution in [3.05, 3.63) is 23.8 Å². The van der Waals surface area contributed by atoms with E-state index in [9.17, 15) is 4.79 Å². The van der Waals surface area contributed by atoms with Crippen molar-refractivity contribution in [3.8, 4) is 0 Å².